The number of sulfone groups is 1. The summed E-state index contributed by atoms with van der Waals surface area (Å²) in [5.74, 6) is -1.59. The third-order valence-corrected chi connectivity index (χ3v) is 10.0. The molecule has 0 fully saturated rings. The molecule has 246 valence electrons. The van der Waals surface area contributed by atoms with E-state index < -0.39 is 27.8 Å². The zero-order valence-corrected chi connectivity index (χ0v) is 28.1. The molecule has 0 spiro atoms. The maximum atomic E-state index is 13.8. The monoisotopic (exact) mass is 704 g/mol. The van der Waals surface area contributed by atoms with Gasteiger partial charge in [0.1, 0.15) is 18.2 Å². The van der Waals surface area contributed by atoms with Gasteiger partial charge < -0.3 is 19.4 Å². The summed E-state index contributed by atoms with van der Waals surface area (Å²) in [7, 11) is -3.51. The number of esters is 1. The number of amides is 2. The number of halogens is 2. The summed E-state index contributed by atoms with van der Waals surface area (Å²) in [5, 5.41) is 3.81. The Balaban J connectivity index is 1.23. The summed E-state index contributed by atoms with van der Waals surface area (Å²) >= 11 is 13.5. The molecule has 1 aliphatic heterocycles. The average Bonchev–Trinajstić information content (AvgIpc) is 3.55. The molecular formula is C36H30Cl2N2O7S. The normalized spacial score (nSPS) is 13.5. The smallest absolute Gasteiger partial charge is 0.329 e. The highest BCUT2D eigenvalue weighted by molar-refractivity contribution is 7.90. The van der Waals surface area contributed by atoms with Crippen LogP contribution in [0.15, 0.2) is 101 Å². The fourth-order valence-corrected chi connectivity index (χ4v) is 7.15. The molecule has 0 aliphatic carbocycles. The summed E-state index contributed by atoms with van der Waals surface area (Å²) in [4.78, 5) is 42.3. The molecule has 1 aromatic heterocycles. The van der Waals surface area contributed by atoms with Crippen molar-refractivity contribution < 1.29 is 32.0 Å². The van der Waals surface area contributed by atoms with Crippen LogP contribution in [0.4, 0.5) is 0 Å². The molecule has 2 amide bonds. The van der Waals surface area contributed by atoms with Crippen molar-refractivity contribution in [2.45, 2.75) is 36.9 Å². The Hall–Kier alpha value is -4.64. The van der Waals surface area contributed by atoms with Gasteiger partial charge in [0, 0.05) is 36.7 Å². The highest BCUT2D eigenvalue weighted by atomic mass is 35.5. The van der Waals surface area contributed by atoms with E-state index in [9.17, 15) is 22.8 Å². The molecule has 0 saturated carbocycles. The number of carbonyl (C=O) groups excluding carboxylic acids is 3. The second-order valence-electron chi connectivity index (χ2n) is 11.6. The van der Waals surface area contributed by atoms with Crippen molar-refractivity contribution in [2.75, 3.05) is 12.8 Å². The molecule has 9 nitrogen and oxygen atoms in total. The third kappa shape index (κ3) is 7.26. The van der Waals surface area contributed by atoms with Crippen LogP contribution in [0.25, 0.3) is 11.0 Å². The van der Waals surface area contributed by atoms with Crippen molar-refractivity contribution in [1.29, 1.82) is 0 Å². The highest BCUT2D eigenvalue weighted by Crippen LogP contribution is 2.35. The van der Waals surface area contributed by atoms with Crippen molar-refractivity contribution in [3.8, 4) is 0 Å². The van der Waals surface area contributed by atoms with E-state index in [1.807, 2.05) is 30.3 Å². The molecule has 1 unspecified atom stereocenters. The van der Waals surface area contributed by atoms with Gasteiger partial charge in [-0.3, -0.25) is 9.59 Å². The van der Waals surface area contributed by atoms with E-state index in [2.05, 4.69) is 5.32 Å². The third-order valence-electron chi connectivity index (χ3n) is 8.20. The quantitative estimate of drug-likeness (QED) is 0.176. The summed E-state index contributed by atoms with van der Waals surface area (Å²) in [6.07, 6.45) is 2.99. The van der Waals surface area contributed by atoms with Crippen LogP contribution in [0.3, 0.4) is 0 Å². The average molecular weight is 706 g/mol. The minimum Gasteiger partial charge on any atom is -0.464 e. The Labute approximate surface area is 287 Å². The lowest BCUT2D eigenvalue weighted by Crippen LogP contribution is -2.43. The SMILES string of the molecule is CS(=O)(=O)c1cccc(CC(NC(=O)c2c(Cl)cc3c(c2Cl)CCN(C(=O)c2ccc4ccoc4c2)C3)C(=O)OCc2ccccc2)c1. The number of nitrogens with one attached hydrogen (secondary N) is 1. The fraction of sp³-hybridized carbons (Fsp3) is 0.194. The van der Waals surface area contributed by atoms with Gasteiger partial charge in [0.2, 0.25) is 0 Å². The van der Waals surface area contributed by atoms with E-state index in [1.165, 1.54) is 12.1 Å². The number of hydrogen-bond acceptors (Lipinski definition) is 7. The molecule has 6 rings (SSSR count). The standard InChI is InChI=1S/C36H30Cl2N2O7S/c1-48(44,45)27-9-5-8-23(16-27)17-30(36(43)47-21-22-6-3-2-4-7-22)39-34(41)32-29(37)18-26-20-40(14-12-28(26)33(32)38)35(42)25-11-10-24-13-15-46-31(24)19-25/h2-11,13,15-16,18-19,30H,12,14,17,20-21H2,1H3,(H,39,41). The number of rotatable bonds is 9. The van der Waals surface area contributed by atoms with Crippen molar-refractivity contribution >= 4 is 61.8 Å². The second-order valence-corrected chi connectivity index (χ2v) is 14.4. The van der Waals surface area contributed by atoms with Gasteiger partial charge in [0.25, 0.3) is 11.8 Å². The van der Waals surface area contributed by atoms with Gasteiger partial charge in [-0.25, -0.2) is 13.2 Å². The van der Waals surface area contributed by atoms with Gasteiger partial charge in [-0.2, -0.15) is 0 Å². The molecule has 0 radical (unpaired) electrons. The second kappa shape index (κ2) is 13.8. The van der Waals surface area contributed by atoms with Gasteiger partial charge in [-0.1, -0.05) is 71.7 Å². The Morgan fingerprint density at radius 1 is 0.958 bits per heavy atom. The van der Waals surface area contributed by atoms with Crippen LogP contribution in [0.1, 0.15) is 43.0 Å². The number of hydrogen-bond donors (Lipinski definition) is 1. The number of carbonyl (C=O) groups is 3. The summed E-state index contributed by atoms with van der Waals surface area (Å²) in [5.41, 5.74) is 3.73. The van der Waals surface area contributed by atoms with Gasteiger partial charge >= 0.3 is 5.97 Å². The molecule has 1 atom stereocenters. The topological polar surface area (TPSA) is 123 Å². The molecule has 4 aromatic carbocycles. The molecule has 2 heterocycles. The van der Waals surface area contributed by atoms with E-state index in [1.54, 1.807) is 53.6 Å². The van der Waals surface area contributed by atoms with E-state index in [0.717, 1.165) is 17.2 Å². The Morgan fingerprint density at radius 3 is 2.50 bits per heavy atom. The first-order valence-corrected chi connectivity index (χ1v) is 17.7. The molecule has 0 saturated heterocycles. The van der Waals surface area contributed by atoms with E-state index in [-0.39, 0.29) is 46.0 Å². The van der Waals surface area contributed by atoms with Crippen LogP contribution < -0.4 is 5.32 Å². The highest BCUT2D eigenvalue weighted by Gasteiger charge is 2.30. The summed E-state index contributed by atoms with van der Waals surface area (Å²) in [6, 6.07) is 22.7. The fourth-order valence-electron chi connectivity index (χ4n) is 5.70. The van der Waals surface area contributed by atoms with Crippen molar-refractivity contribution in [3.63, 3.8) is 0 Å². The molecule has 1 aliphatic rings. The maximum absolute atomic E-state index is 13.8. The van der Waals surface area contributed by atoms with Gasteiger partial charge in [-0.05, 0) is 65.1 Å². The number of fused-ring (bicyclic) bond motifs is 2. The number of furan rings is 1. The van der Waals surface area contributed by atoms with Crippen LogP contribution in [-0.2, 0) is 45.4 Å². The van der Waals surface area contributed by atoms with Crippen molar-refractivity contribution in [2.24, 2.45) is 0 Å². The van der Waals surface area contributed by atoms with Crippen LogP contribution in [0.2, 0.25) is 10.0 Å². The molecule has 48 heavy (non-hydrogen) atoms. The van der Waals surface area contributed by atoms with Gasteiger partial charge in [-0.15, -0.1) is 0 Å². The van der Waals surface area contributed by atoms with Crippen LogP contribution in [0.5, 0.6) is 0 Å². The van der Waals surface area contributed by atoms with Gasteiger partial charge in [0.15, 0.2) is 9.84 Å². The lowest BCUT2D eigenvalue weighted by Gasteiger charge is -2.30. The molecular weight excluding hydrogens is 675 g/mol. The zero-order valence-electron chi connectivity index (χ0n) is 25.7. The minimum atomic E-state index is -3.51. The molecule has 12 heteroatoms. The van der Waals surface area contributed by atoms with Gasteiger partial charge in [0.05, 0.1) is 26.8 Å². The first kappa shape index (κ1) is 33.3. The number of benzene rings is 4. The van der Waals surface area contributed by atoms with E-state index >= 15 is 0 Å². The first-order valence-electron chi connectivity index (χ1n) is 15.0. The molecule has 5 aromatic rings. The summed E-state index contributed by atoms with van der Waals surface area (Å²) in [6.45, 7) is 0.562. The van der Waals surface area contributed by atoms with Crippen molar-refractivity contribution in [3.05, 3.63) is 135 Å². The number of ether oxygens (including phenoxy) is 1. The zero-order chi connectivity index (χ0) is 34.0. The van der Waals surface area contributed by atoms with E-state index in [0.29, 0.717) is 40.8 Å². The summed E-state index contributed by atoms with van der Waals surface area (Å²) < 4.78 is 35.3. The Kier molecular flexibility index (Phi) is 9.59. The number of nitrogens with zero attached hydrogens (tertiary/aromatic N) is 1. The molecule has 1 N–H and O–H groups in total. The van der Waals surface area contributed by atoms with E-state index in [4.69, 9.17) is 32.4 Å². The van der Waals surface area contributed by atoms with Crippen molar-refractivity contribution in [1.82, 2.24) is 10.2 Å². The Morgan fingerprint density at radius 2 is 1.73 bits per heavy atom. The predicted octanol–water partition coefficient (Wildman–Crippen LogP) is 6.43. The lowest BCUT2D eigenvalue weighted by molar-refractivity contribution is -0.147. The van der Waals surface area contributed by atoms with Crippen LogP contribution >= 0.6 is 23.2 Å². The molecule has 0 bridgehead atoms. The van der Waals surface area contributed by atoms with Crippen LogP contribution in [0, 0.1) is 0 Å². The first-order chi connectivity index (χ1) is 23.0. The Bertz CT molecular complexity index is 2150. The van der Waals surface area contributed by atoms with Crippen LogP contribution in [-0.4, -0.2) is 49.9 Å². The largest absolute Gasteiger partial charge is 0.464 e. The predicted molar refractivity (Wildman–Crippen MR) is 182 cm³/mol. The maximum Gasteiger partial charge on any atom is 0.329 e. The lowest BCUT2D eigenvalue weighted by atomic mass is 9.95. The minimum absolute atomic E-state index is 0.00845.